The third-order valence-corrected chi connectivity index (χ3v) is 0.354. The molecule has 0 rings (SSSR count). The third kappa shape index (κ3) is 137. The van der Waals surface area contributed by atoms with E-state index in [2.05, 4.69) is 13.8 Å². The summed E-state index contributed by atoms with van der Waals surface area (Å²) in [5.41, 5.74) is 0. The molecule has 0 aromatic heterocycles. The first-order valence-electron chi connectivity index (χ1n) is 2.20. The summed E-state index contributed by atoms with van der Waals surface area (Å²) in [6.45, 7) is 5.47. The molecule has 0 radical (unpaired) electrons. The number of unbranched alkanes of at least 4 members (excludes halogenated alkanes) is 1. The van der Waals surface area contributed by atoms with Crippen LogP contribution in [0.15, 0.2) is 0 Å². The largest absolute Gasteiger partial charge is 1.00 e. The Labute approximate surface area is 62.5 Å². The molecule has 0 aromatic rings. The van der Waals surface area contributed by atoms with Gasteiger partial charge >= 0.3 is 18.9 Å². The first-order chi connectivity index (χ1) is 3.33. The van der Waals surface area contributed by atoms with Crippen LogP contribution in [0.1, 0.15) is 19.8 Å². The van der Waals surface area contributed by atoms with Gasteiger partial charge in [-0.1, -0.05) is 13.3 Å². The van der Waals surface area contributed by atoms with E-state index in [0.717, 1.165) is 6.42 Å². The zero-order valence-electron chi connectivity index (χ0n) is 5.55. The van der Waals surface area contributed by atoms with Crippen molar-refractivity contribution in [2.45, 2.75) is 19.8 Å². The summed E-state index contributed by atoms with van der Waals surface area (Å²) < 4.78 is 0. The summed E-state index contributed by atoms with van der Waals surface area (Å²) in [6.07, 6.45) is 2.28. The molecule has 0 aliphatic carbocycles. The van der Waals surface area contributed by atoms with E-state index in [9.17, 15) is 0 Å². The third-order valence-electron chi connectivity index (χ3n) is 0.354. The minimum Gasteiger partial charge on any atom is -0.483 e. The molecule has 0 spiro atoms. The van der Waals surface area contributed by atoms with Gasteiger partial charge in [-0.15, -0.1) is 0 Å². The summed E-state index contributed by atoms with van der Waals surface area (Å²) in [6, 6.07) is 0. The van der Waals surface area contributed by atoms with E-state index in [1.165, 1.54) is 6.42 Å². The van der Waals surface area contributed by atoms with E-state index in [4.69, 9.17) is 9.90 Å². The van der Waals surface area contributed by atoms with Crippen LogP contribution in [0.5, 0.6) is 0 Å². The van der Waals surface area contributed by atoms with Gasteiger partial charge in [-0.3, -0.25) is 4.79 Å². The van der Waals surface area contributed by atoms with Crippen molar-refractivity contribution in [1.82, 2.24) is 0 Å². The molecule has 0 unspecified atom stereocenters. The van der Waals surface area contributed by atoms with E-state index in [0.29, 0.717) is 0 Å². The van der Waals surface area contributed by atoms with Crippen LogP contribution in [0.3, 0.4) is 0 Å². The maximum absolute atomic E-state index is 8.36. The summed E-state index contributed by atoms with van der Waals surface area (Å²) in [5, 5.41) is 6.89. The molecule has 0 aliphatic heterocycles. The van der Waals surface area contributed by atoms with Gasteiger partial charge in [0.25, 0.3) is 6.47 Å². The molecule has 0 atom stereocenters. The van der Waals surface area contributed by atoms with Crippen LogP contribution in [0.2, 0.25) is 0 Å². The van der Waals surface area contributed by atoms with Gasteiger partial charge in [-0.05, 0) is 0 Å². The van der Waals surface area contributed by atoms with Gasteiger partial charge in [0, 0.05) is 0 Å². The molecule has 0 aromatic carbocycles. The van der Waals surface area contributed by atoms with Crippen LogP contribution in [0.4, 0.5) is 0 Å². The average Bonchev–Trinajstić information content (AvgIpc) is 1.69. The molecule has 0 aliphatic rings. The number of rotatable bonds is 1. The minimum absolute atomic E-state index is 0. The molecule has 2 nitrogen and oxygen atoms in total. The van der Waals surface area contributed by atoms with Gasteiger partial charge in [-0.25, -0.2) is 0 Å². The summed E-state index contributed by atoms with van der Waals surface area (Å²) in [5.74, 6) is 0. The predicted octanol–water partition coefficient (Wildman–Crippen LogP) is -1.67. The van der Waals surface area contributed by atoms with Gasteiger partial charge < -0.3 is 12.0 Å². The molecule has 0 heterocycles. The normalized spacial score (nSPS) is 5.25. The topological polar surface area (TPSA) is 37.3 Å². The quantitative estimate of drug-likeness (QED) is 0.249. The Morgan fingerprint density at radius 2 is 1.88 bits per heavy atom. The molecule has 1 N–H and O–H groups in total. The molecule has 0 bridgehead atoms. The Hall–Kier alpha value is 0.0674. The molecular weight excluding hydrogens is 99.0 g/mol. The maximum atomic E-state index is 8.36. The smallest absolute Gasteiger partial charge is 0.483 e. The van der Waals surface area contributed by atoms with E-state index >= 15 is 0 Å². The Kier molecular flexibility index (Phi) is 54.2. The van der Waals surface area contributed by atoms with Crippen LogP contribution in [-0.4, -0.2) is 11.6 Å². The van der Waals surface area contributed by atoms with Crippen molar-refractivity contribution in [2.24, 2.45) is 0 Å². The Bertz CT molecular complexity index is 29.6. The SMILES string of the molecule is O=CO.[CH2-]CCC.[Li+]. The maximum Gasteiger partial charge on any atom is 1.00 e. The fourth-order valence-corrected chi connectivity index (χ4v) is 0. The molecule has 0 saturated carbocycles. The summed E-state index contributed by atoms with van der Waals surface area (Å²) in [4.78, 5) is 8.36. The fourth-order valence-electron chi connectivity index (χ4n) is 0. The zero-order valence-corrected chi connectivity index (χ0v) is 5.55. The molecule has 0 amide bonds. The van der Waals surface area contributed by atoms with E-state index < -0.39 is 0 Å². The average molecular weight is 110 g/mol. The standard InChI is InChI=1S/C4H9.CH2O2.Li/c1-3-4-2;2-1-3;/h1,3-4H2,2H3;1H,(H,2,3);/q-1;;+1. The van der Waals surface area contributed by atoms with Crippen molar-refractivity contribution in [2.75, 3.05) is 0 Å². The van der Waals surface area contributed by atoms with Crippen molar-refractivity contribution in [1.29, 1.82) is 0 Å². The second kappa shape index (κ2) is 27.7. The fraction of sp³-hybridized carbons (Fsp3) is 0.600. The van der Waals surface area contributed by atoms with Crippen LogP contribution >= 0.6 is 0 Å². The van der Waals surface area contributed by atoms with E-state index in [1.807, 2.05) is 0 Å². The number of carboxylic acid groups (broad SMARTS) is 1. The summed E-state index contributed by atoms with van der Waals surface area (Å²) in [7, 11) is 0. The van der Waals surface area contributed by atoms with Gasteiger partial charge in [0.1, 0.15) is 0 Å². The number of hydrogen-bond donors (Lipinski definition) is 1. The first kappa shape index (κ1) is 15.7. The van der Waals surface area contributed by atoms with Gasteiger partial charge in [0.15, 0.2) is 0 Å². The van der Waals surface area contributed by atoms with Gasteiger partial charge in [0.2, 0.25) is 0 Å². The molecule has 0 fully saturated rings. The van der Waals surface area contributed by atoms with Crippen LogP contribution in [0.25, 0.3) is 0 Å². The van der Waals surface area contributed by atoms with Crippen LogP contribution in [0, 0.1) is 6.92 Å². The van der Waals surface area contributed by atoms with Crippen molar-refractivity contribution in [3.05, 3.63) is 6.92 Å². The van der Waals surface area contributed by atoms with Crippen LogP contribution < -0.4 is 18.9 Å². The van der Waals surface area contributed by atoms with Gasteiger partial charge in [-0.2, -0.15) is 6.42 Å². The molecule has 3 heteroatoms. The zero-order chi connectivity index (χ0) is 6.12. The molecule has 44 valence electrons. The Morgan fingerprint density at radius 3 is 1.88 bits per heavy atom. The van der Waals surface area contributed by atoms with Crippen molar-refractivity contribution < 1.29 is 28.8 Å². The van der Waals surface area contributed by atoms with Crippen LogP contribution in [-0.2, 0) is 4.79 Å². The van der Waals surface area contributed by atoms with Crippen molar-refractivity contribution in [3.63, 3.8) is 0 Å². The van der Waals surface area contributed by atoms with E-state index in [-0.39, 0.29) is 25.3 Å². The second-order valence-electron chi connectivity index (χ2n) is 0.959. The number of hydrogen-bond acceptors (Lipinski definition) is 1. The van der Waals surface area contributed by atoms with E-state index in [1.54, 1.807) is 0 Å². The molecule has 8 heavy (non-hydrogen) atoms. The minimum atomic E-state index is -0.250. The Morgan fingerprint density at radius 1 is 1.75 bits per heavy atom. The molecule has 0 saturated heterocycles. The Balaban J connectivity index is -0.0000000575. The van der Waals surface area contributed by atoms with Crippen molar-refractivity contribution >= 4 is 6.47 Å². The van der Waals surface area contributed by atoms with Gasteiger partial charge in [0.05, 0.1) is 0 Å². The number of carbonyl (C=O) groups is 1. The van der Waals surface area contributed by atoms with Crippen molar-refractivity contribution in [3.8, 4) is 0 Å². The first-order valence-corrected chi connectivity index (χ1v) is 2.20. The predicted molar refractivity (Wildman–Crippen MR) is 29.0 cm³/mol. The second-order valence-corrected chi connectivity index (χ2v) is 0.959. The molecular formula is C5H11LiO2. The monoisotopic (exact) mass is 110 g/mol. The summed E-state index contributed by atoms with van der Waals surface area (Å²) >= 11 is 0.